The summed E-state index contributed by atoms with van der Waals surface area (Å²) in [7, 11) is -3.33. The summed E-state index contributed by atoms with van der Waals surface area (Å²) in [5, 5.41) is 0. The van der Waals surface area contributed by atoms with Gasteiger partial charge in [0.05, 0.1) is 12.4 Å². The molecule has 0 aliphatic carbocycles. The Kier molecular flexibility index (Phi) is 10.3. The summed E-state index contributed by atoms with van der Waals surface area (Å²) in [5.41, 5.74) is 0. The maximum Gasteiger partial charge on any atom is 0.409 e. The lowest BCUT2D eigenvalue weighted by molar-refractivity contribution is -0.0474. The highest BCUT2D eigenvalue weighted by molar-refractivity contribution is 7.88. The van der Waals surface area contributed by atoms with E-state index in [-0.39, 0.29) is 25.3 Å². The van der Waals surface area contributed by atoms with Gasteiger partial charge in [-0.2, -0.15) is 4.31 Å². The van der Waals surface area contributed by atoms with Gasteiger partial charge in [0, 0.05) is 32.2 Å². The Hall–Kier alpha value is -0.900. The standard InChI is InChI=1S/C21H41N3O5S/c1-5-18(3)29-20(16-24(6-2)30(4,26)27)17-28-21(25)23-14-10-19(11-15-23)22-12-8-7-9-13-22/h18-20H,5-17H2,1-4H3/t18-,20-/m0/s1. The zero-order chi connectivity index (χ0) is 22.1. The number of nitrogens with zero attached hydrogens (tertiary/aromatic N) is 3. The number of likely N-dealkylation sites (N-methyl/N-ethyl adjacent to an activating group) is 1. The second-order valence-electron chi connectivity index (χ2n) is 8.58. The quantitative estimate of drug-likeness (QED) is 0.512. The molecule has 0 aromatic carbocycles. The van der Waals surface area contributed by atoms with Crippen LogP contribution in [0.2, 0.25) is 0 Å². The van der Waals surface area contributed by atoms with Crippen LogP contribution < -0.4 is 0 Å². The predicted molar refractivity (Wildman–Crippen MR) is 118 cm³/mol. The Morgan fingerprint density at radius 3 is 2.27 bits per heavy atom. The number of hydrogen-bond acceptors (Lipinski definition) is 6. The molecule has 2 fully saturated rings. The highest BCUT2D eigenvalue weighted by Crippen LogP contribution is 2.21. The Morgan fingerprint density at radius 1 is 1.10 bits per heavy atom. The number of amides is 1. The number of ether oxygens (including phenoxy) is 2. The van der Waals surface area contributed by atoms with E-state index in [1.165, 1.54) is 42.9 Å². The number of rotatable bonds is 10. The van der Waals surface area contributed by atoms with Gasteiger partial charge in [0.25, 0.3) is 0 Å². The summed E-state index contributed by atoms with van der Waals surface area (Å²) in [5.74, 6) is 0. The van der Waals surface area contributed by atoms with Crippen LogP contribution in [0.5, 0.6) is 0 Å². The minimum atomic E-state index is -3.33. The van der Waals surface area contributed by atoms with Gasteiger partial charge in [-0.05, 0) is 52.1 Å². The molecule has 2 aliphatic heterocycles. The molecule has 1 amide bonds. The number of sulfonamides is 1. The molecule has 0 radical (unpaired) electrons. The van der Waals surface area contributed by atoms with Gasteiger partial charge in [-0.25, -0.2) is 13.2 Å². The average molecular weight is 448 g/mol. The van der Waals surface area contributed by atoms with Gasteiger partial charge in [-0.3, -0.25) is 0 Å². The first-order chi connectivity index (χ1) is 14.2. The van der Waals surface area contributed by atoms with Crippen molar-refractivity contribution in [1.82, 2.24) is 14.1 Å². The van der Waals surface area contributed by atoms with Crippen LogP contribution in [0.25, 0.3) is 0 Å². The van der Waals surface area contributed by atoms with Crippen molar-refractivity contribution in [2.24, 2.45) is 0 Å². The monoisotopic (exact) mass is 447 g/mol. The van der Waals surface area contributed by atoms with Gasteiger partial charge in [-0.15, -0.1) is 0 Å². The van der Waals surface area contributed by atoms with Crippen molar-refractivity contribution in [1.29, 1.82) is 0 Å². The molecule has 2 saturated heterocycles. The Bertz CT molecular complexity index is 616. The first-order valence-electron chi connectivity index (χ1n) is 11.5. The predicted octanol–water partition coefficient (Wildman–Crippen LogP) is 2.54. The van der Waals surface area contributed by atoms with Crippen LogP contribution in [0.3, 0.4) is 0 Å². The lowest BCUT2D eigenvalue weighted by atomic mass is 10.0. The molecular formula is C21H41N3O5S. The molecule has 8 nitrogen and oxygen atoms in total. The first-order valence-corrected chi connectivity index (χ1v) is 13.4. The van der Waals surface area contributed by atoms with Crippen LogP contribution >= 0.6 is 0 Å². The minimum Gasteiger partial charge on any atom is -0.447 e. The average Bonchev–Trinajstić information content (AvgIpc) is 2.75. The Balaban J connectivity index is 1.84. The molecule has 30 heavy (non-hydrogen) atoms. The maximum atomic E-state index is 12.6. The van der Waals surface area contributed by atoms with Gasteiger partial charge in [0.1, 0.15) is 12.7 Å². The fourth-order valence-electron chi connectivity index (χ4n) is 4.24. The molecule has 0 bridgehead atoms. The van der Waals surface area contributed by atoms with Crippen molar-refractivity contribution in [3.05, 3.63) is 0 Å². The second-order valence-corrected chi connectivity index (χ2v) is 10.6. The molecule has 2 atom stereocenters. The molecule has 0 aromatic heterocycles. The fraction of sp³-hybridized carbons (Fsp3) is 0.952. The molecule has 2 aliphatic rings. The summed E-state index contributed by atoms with van der Waals surface area (Å²) in [6, 6.07) is 0.573. The molecule has 0 aromatic rings. The molecule has 0 N–H and O–H groups in total. The smallest absolute Gasteiger partial charge is 0.409 e. The van der Waals surface area contributed by atoms with E-state index in [0.717, 1.165) is 19.3 Å². The number of likely N-dealkylation sites (tertiary alicyclic amines) is 2. The van der Waals surface area contributed by atoms with E-state index >= 15 is 0 Å². The number of hydrogen-bond donors (Lipinski definition) is 0. The SMILES string of the molecule is CC[C@H](C)O[C@H](COC(=O)N1CCC(N2CCCCC2)CC1)CN(CC)S(C)(=O)=O. The van der Waals surface area contributed by atoms with E-state index < -0.39 is 16.1 Å². The number of carbonyl (C=O) groups is 1. The van der Waals surface area contributed by atoms with Gasteiger partial charge < -0.3 is 19.3 Å². The summed E-state index contributed by atoms with van der Waals surface area (Å²) in [6.45, 7) is 10.1. The van der Waals surface area contributed by atoms with E-state index in [1.807, 2.05) is 13.8 Å². The van der Waals surface area contributed by atoms with Crippen LogP contribution in [0.4, 0.5) is 4.79 Å². The van der Waals surface area contributed by atoms with Crippen molar-refractivity contribution in [2.75, 3.05) is 52.1 Å². The fourth-order valence-corrected chi connectivity index (χ4v) is 5.14. The van der Waals surface area contributed by atoms with Gasteiger partial charge in [0.2, 0.25) is 10.0 Å². The molecule has 9 heteroatoms. The zero-order valence-electron chi connectivity index (χ0n) is 19.2. The molecular weight excluding hydrogens is 406 g/mol. The highest BCUT2D eigenvalue weighted by atomic mass is 32.2. The molecule has 2 heterocycles. The molecule has 0 unspecified atom stereocenters. The molecule has 0 saturated carbocycles. The Labute approximate surface area is 182 Å². The zero-order valence-corrected chi connectivity index (χ0v) is 20.0. The minimum absolute atomic E-state index is 0.0349. The van der Waals surface area contributed by atoms with E-state index in [4.69, 9.17) is 9.47 Å². The third kappa shape index (κ3) is 7.98. The van der Waals surface area contributed by atoms with Crippen molar-refractivity contribution in [3.63, 3.8) is 0 Å². The third-order valence-corrected chi connectivity index (χ3v) is 7.60. The maximum absolute atomic E-state index is 12.6. The van der Waals surface area contributed by atoms with Crippen LogP contribution in [-0.2, 0) is 19.5 Å². The summed E-state index contributed by atoms with van der Waals surface area (Å²) >= 11 is 0. The van der Waals surface area contributed by atoms with Crippen molar-refractivity contribution in [2.45, 2.75) is 77.5 Å². The summed E-state index contributed by atoms with van der Waals surface area (Å²) < 4.78 is 36.8. The van der Waals surface area contributed by atoms with Crippen molar-refractivity contribution in [3.8, 4) is 0 Å². The number of carbonyl (C=O) groups excluding carboxylic acids is 1. The largest absolute Gasteiger partial charge is 0.447 e. The van der Waals surface area contributed by atoms with Crippen molar-refractivity contribution < 1.29 is 22.7 Å². The van der Waals surface area contributed by atoms with Crippen LogP contribution in [0, 0.1) is 0 Å². The molecule has 176 valence electrons. The van der Waals surface area contributed by atoms with Gasteiger partial charge in [0.15, 0.2) is 0 Å². The van der Waals surface area contributed by atoms with E-state index in [1.54, 1.807) is 11.8 Å². The van der Waals surface area contributed by atoms with Gasteiger partial charge >= 0.3 is 6.09 Å². The molecule has 2 rings (SSSR count). The summed E-state index contributed by atoms with van der Waals surface area (Å²) in [4.78, 5) is 16.9. The normalized spacial score (nSPS) is 21.6. The topological polar surface area (TPSA) is 79.4 Å². The van der Waals surface area contributed by atoms with Crippen LogP contribution in [0.15, 0.2) is 0 Å². The van der Waals surface area contributed by atoms with E-state index in [0.29, 0.717) is 25.7 Å². The van der Waals surface area contributed by atoms with E-state index in [9.17, 15) is 13.2 Å². The number of piperidine rings is 2. The lowest BCUT2D eigenvalue weighted by Crippen LogP contribution is -2.48. The third-order valence-electron chi connectivity index (χ3n) is 6.25. The first kappa shape index (κ1) is 25.4. The lowest BCUT2D eigenvalue weighted by Gasteiger charge is -2.40. The highest BCUT2D eigenvalue weighted by Gasteiger charge is 2.29. The van der Waals surface area contributed by atoms with Crippen molar-refractivity contribution >= 4 is 16.1 Å². The Morgan fingerprint density at radius 2 is 1.73 bits per heavy atom. The summed E-state index contributed by atoms with van der Waals surface area (Å²) in [6.07, 6.45) is 7.01. The van der Waals surface area contributed by atoms with Gasteiger partial charge in [-0.1, -0.05) is 20.3 Å². The van der Waals surface area contributed by atoms with Crippen LogP contribution in [-0.4, -0.2) is 99.0 Å². The van der Waals surface area contributed by atoms with Crippen LogP contribution in [0.1, 0.15) is 59.3 Å². The molecule has 0 spiro atoms. The second kappa shape index (κ2) is 12.2. The van der Waals surface area contributed by atoms with E-state index in [2.05, 4.69) is 4.90 Å².